The SMILES string of the molecule is Cc1ccc(CNCC(O)COC2CCC(C)CC2)cn1. The van der Waals surface area contributed by atoms with E-state index in [1.807, 2.05) is 19.2 Å². The predicted molar refractivity (Wildman–Crippen MR) is 84.1 cm³/mol. The van der Waals surface area contributed by atoms with Crippen LogP contribution in [0.2, 0.25) is 0 Å². The highest BCUT2D eigenvalue weighted by molar-refractivity contribution is 5.12. The van der Waals surface area contributed by atoms with Crippen molar-refractivity contribution in [3.63, 3.8) is 0 Å². The van der Waals surface area contributed by atoms with Crippen LogP contribution in [0.1, 0.15) is 43.9 Å². The number of hydrogen-bond acceptors (Lipinski definition) is 4. The summed E-state index contributed by atoms with van der Waals surface area (Å²) < 4.78 is 5.81. The Labute approximate surface area is 127 Å². The molecule has 2 rings (SSSR count). The van der Waals surface area contributed by atoms with Gasteiger partial charge in [-0.05, 0) is 50.2 Å². The third-order valence-corrected chi connectivity index (χ3v) is 4.17. The van der Waals surface area contributed by atoms with Crippen LogP contribution in [0.15, 0.2) is 18.3 Å². The van der Waals surface area contributed by atoms with Crippen LogP contribution in [0.3, 0.4) is 0 Å². The fourth-order valence-electron chi connectivity index (χ4n) is 2.69. The summed E-state index contributed by atoms with van der Waals surface area (Å²) >= 11 is 0. The maximum atomic E-state index is 9.95. The molecule has 0 aromatic carbocycles. The maximum Gasteiger partial charge on any atom is 0.0897 e. The first-order chi connectivity index (χ1) is 10.1. The number of aliphatic hydroxyl groups excluding tert-OH is 1. The van der Waals surface area contributed by atoms with Crippen molar-refractivity contribution in [1.82, 2.24) is 10.3 Å². The van der Waals surface area contributed by atoms with Gasteiger partial charge in [-0.2, -0.15) is 0 Å². The Balaban J connectivity index is 1.57. The van der Waals surface area contributed by atoms with Gasteiger partial charge in [0, 0.05) is 25.0 Å². The Bertz CT molecular complexity index is 400. The molecular weight excluding hydrogens is 264 g/mol. The minimum absolute atomic E-state index is 0.345. The Morgan fingerprint density at radius 3 is 2.76 bits per heavy atom. The van der Waals surface area contributed by atoms with Gasteiger partial charge in [0.15, 0.2) is 0 Å². The molecule has 0 saturated heterocycles. The van der Waals surface area contributed by atoms with E-state index in [0.717, 1.165) is 36.6 Å². The first-order valence-electron chi connectivity index (χ1n) is 8.05. The summed E-state index contributed by atoms with van der Waals surface area (Å²) in [5, 5.41) is 13.2. The lowest BCUT2D eigenvalue weighted by Crippen LogP contribution is -2.32. The molecule has 1 aliphatic rings. The number of nitrogens with one attached hydrogen (secondary N) is 1. The molecule has 1 saturated carbocycles. The van der Waals surface area contributed by atoms with Crippen LogP contribution >= 0.6 is 0 Å². The number of hydrogen-bond donors (Lipinski definition) is 2. The number of aliphatic hydroxyl groups is 1. The fraction of sp³-hybridized carbons (Fsp3) is 0.706. The molecule has 4 nitrogen and oxygen atoms in total. The van der Waals surface area contributed by atoms with E-state index in [2.05, 4.69) is 23.3 Å². The number of rotatable bonds is 7. The zero-order valence-electron chi connectivity index (χ0n) is 13.2. The smallest absolute Gasteiger partial charge is 0.0897 e. The summed E-state index contributed by atoms with van der Waals surface area (Å²) in [5.41, 5.74) is 2.16. The molecule has 1 unspecified atom stereocenters. The Kier molecular flexibility index (Phi) is 6.61. The molecule has 1 aromatic heterocycles. The molecule has 1 aliphatic carbocycles. The number of pyridine rings is 1. The monoisotopic (exact) mass is 292 g/mol. The van der Waals surface area contributed by atoms with Crippen LogP contribution in [-0.4, -0.2) is 35.5 Å². The molecule has 21 heavy (non-hydrogen) atoms. The summed E-state index contributed by atoms with van der Waals surface area (Å²) in [6.07, 6.45) is 6.54. The van der Waals surface area contributed by atoms with Gasteiger partial charge in [-0.1, -0.05) is 13.0 Å². The molecule has 0 bridgehead atoms. The van der Waals surface area contributed by atoms with Crippen molar-refractivity contribution in [2.24, 2.45) is 5.92 Å². The van der Waals surface area contributed by atoms with Crippen LogP contribution in [0.4, 0.5) is 0 Å². The van der Waals surface area contributed by atoms with Crippen molar-refractivity contribution in [3.05, 3.63) is 29.6 Å². The van der Waals surface area contributed by atoms with Gasteiger partial charge in [0.2, 0.25) is 0 Å². The molecule has 1 aromatic rings. The largest absolute Gasteiger partial charge is 0.389 e. The Morgan fingerprint density at radius 2 is 2.10 bits per heavy atom. The first-order valence-corrected chi connectivity index (χ1v) is 8.05. The molecule has 2 N–H and O–H groups in total. The van der Waals surface area contributed by atoms with Crippen molar-refractivity contribution in [2.75, 3.05) is 13.2 Å². The lowest BCUT2D eigenvalue weighted by Gasteiger charge is -2.27. The highest BCUT2D eigenvalue weighted by Crippen LogP contribution is 2.25. The lowest BCUT2D eigenvalue weighted by atomic mass is 9.89. The van der Waals surface area contributed by atoms with Gasteiger partial charge >= 0.3 is 0 Å². The molecule has 0 amide bonds. The van der Waals surface area contributed by atoms with Gasteiger partial charge in [-0.15, -0.1) is 0 Å². The highest BCUT2D eigenvalue weighted by Gasteiger charge is 2.19. The summed E-state index contributed by atoms with van der Waals surface area (Å²) in [5.74, 6) is 0.833. The standard InChI is InChI=1S/C17H28N2O2/c1-13-3-7-17(8-4-13)21-12-16(20)11-18-9-15-6-5-14(2)19-10-15/h5-6,10,13,16-18,20H,3-4,7-9,11-12H2,1-2H3. The number of nitrogens with zero attached hydrogens (tertiary/aromatic N) is 1. The average Bonchev–Trinajstić information content (AvgIpc) is 2.49. The van der Waals surface area contributed by atoms with Crippen LogP contribution in [0.25, 0.3) is 0 Å². The molecule has 4 heteroatoms. The van der Waals surface area contributed by atoms with Crippen LogP contribution in [0, 0.1) is 12.8 Å². The predicted octanol–water partition coefficient (Wildman–Crippen LogP) is 2.44. The topological polar surface area (TPSA) is 54.4 Å². The second kappa shape index (κ2) is 8.47. The summed E-state index contributed by atoms with van der Waals surface area (Å²) in [6, 6.07) is 4.06. The average molecular weight is 292 g/mol. The molecule has 0 radical (unpaired) electrons. The van der Waals surface area contributed by atoms with Gasteiger partial charge in [-0.25, -0.2) is 0 Å². The quantitative estimate of drug-likeness (QED) is 0.810. The molecule has 0 aliphatic heterocycles. The minimum atomic E-state index is -0.442. The van der Waals surface area contributed by atoms with E-state index in [9.17, 15) is 5.11 Å². The van der Waals surface area contributed by atoms with E-state index in [1.165, 1.54) is 12.8 Å². The third-order valence-electron chi connectivity index (χ3n) is 4.17. The summed E-state index contributed by atoms with van der Waals surface area (Å²) in [4.78, 5) is 4.25. The van der Waals surface area contributed by atoms with E-state index in [0.29, 0.717) is 19.3 Å². The molecule has 0 spiro atoms. The number of aromatic nitrogens is 1. The van der Waals surface area contributed by atoms with E-state index in [4.69, 9.17) is 4.74 Å². The third kappa shape index (κ3) is 6.12. The first kappa shape index (κ1) is 16.4. The fourth-order valence-corrected chi connectivity index (χ4v) is 2.69. The van der Waals surface area contributed by atoms with Crippen molar-refractivity contribution >= 4 is 0 Å². The van der Waals surface area contributed by atoms with Crippen molar-refractivity contribution in [3.8, 4) is 0 Å². The normalized spacial score (nSPS) is 24.0. The van der Waals surface area contributed by atoms with Crippen LogP contribution in [-0.2, 0) is 11.3 Å². The molecule has 1 fully saturated rings. The second-order valence-electron chi connectivity index (χ2n) is 6.31. The lowest BCUT2D eigenvalue weighted by molar-refractivity contribution is -0.0278. The molecular formula is C17H28N2O2. The zero-order chi connectivity index (χ0) is 15.1. The van der Waals surface area contributed by atoms with E-state index in [1.54, 1.807) is 0 Å². The minimum Gasteiger partial charge on any atom is -0.389 e. The van der Waals surface area contributed by atoms with E-state index >= 15 is 0 Å². The van der Waals surface area contributed by atoms with Gasteiger partial charge in [0.25, 0.3) is 0 Å². The zero-order valence-corrected chi connectivity index (χ0v) is 13.2. The van der Waals surface area contributed by atoms with Gasteiger partial charge in [0.05, 0.1) is 18.8 Å². The van der Waals surface area contributed by atoms with Crippen LogP contribution in [0.5, 0.6) is 0 Å². The Hall–Kier alpha value is -0.970. The van der Waals surface area contributed by atoms with Gasteiger partial charge in [0.1, 0.15) is 0 Å². The van der Waals surface area contributed by atoms with Crippen LogP contribution < -0.4 is 5.32 Å². The van der Waals surface area contributed by atoms with E-state index < -0.39 is 6.10 Å². The van der Waals surface area contributed by atoms with Crippen molar-refractivity contribution in [2.45, 2.75) is 58.3 Å². The number of aryl methyl sites for hydroxylation is 1. The molecule has 118 valence electrons. The number of ether oxygens (including phenoxy) is 1. The van der Waals surface area contributed by atoms with Gasteiger partial charge < -0.3 is 15.2 Å². The van der Waals surface area contributed by atoms with E-state index in [-0.39, 0.29) is 0 Å². The van der Waals surface area contributed by atoms with Crippen molar-refractivity contribution in [1.29, 1.82) is 0 Å². The summed E-state index contributed by atoms with van der Waals surface area (Å²) in [6.45, 7) is 5.99. The van der Waals surface area contributed by atoms with Gasteiger partial charge in [-0.3, -0.25) is 4.98 Å². The molecule has 1 atom stereocenters. The highest BCUT2D eigenvalue weighted by atomic mass is 16.5. The van der Waals surface area contributed by atoms with Crippen molar-refractivity contribution < 1.29 is 9.84 Å². The molecule has 1 heterocycles. The Morgan fingerprint density at radius 1 is 1.33 bits per heavy atom. The summed E-state index contributed by atoms with van der Waals surface area (Å²) in [7, 11) is 0. The maximum absolute atomic E-state index is 9.95. The second-order valence-corrected chi connectivity index (χ2v) is 6.31.